The number of benzene rings is 1. The second kappa shape index (κ2) is 5.82. The first-order valence-electron chi connectivity index (χ1n) is 4.90. The van der Waals surface area contributed by atoms with Gasteiger partial charge in [-0.05, 0) is 18.4 Å². The van der Waals surface area contributed by atoms with Gasteiger partial charge in [-0.15, -0.1) is 0 Å². The minimum absolute atomic E-state index is 0.413. The van der Waals surface area contributed by atoms with Gasteiger partial charge in [-0.25, -0.2) is 0 Å². The number of nitriles is 1. The van der Waals surface area contributed by atoms with Crippen molar-refractivity contribution in [3.05, 3.63) is 35.9 Å². The zero-order chi connectivity index (χ0) is 11.1. The van der Waals surface area contributed by atoms with Crippen LogP contribution in [0.5, 0.6) is 0 Å². The maximum atomic E-state index is 11.0. The minimum Gasteiger partial charge on any atom is -0.481 e. The van der Waals surface area contributed by atoms with Crippen molar-refractivity contribution >= 4 is 5.97 Å². The van der Waals surface area contributed by atoms with Gasteiger partial charge in [-0.3, -0.25) is 4.79 Å². The first kappa shape index (κ1) is 11.3. The number of carboxylic acid groups (broad SMARTS) is 1. The Hall–Kier alpha value is -1.82. The molecule has 1 unspecified atom stereocenters. The molecule has 3 nitrogen and oxygen atoms in total. The predicted molar refractivity (Wildman–Crippen MR) is 56.3 cm³/mol. The molecule has 0 radical (unpaired) electrons. The molecule has 1 aromatic carbocycles. The molecule has 0 saturated carbocycles. The first-order chi connectivity index (χ1) is 7.25. The number of rotatable bonds is 5. The van der Waals surface area contributed by atoms with E-state index in [-0.39, 0.29) is 0 Å². The fourth-order valence-electron chi connectivity index (χ4n) is 1.50. The van der Waals surface area contributed by atoms with E-state index >= 15 is 0 Å². The van der Waals surface area contributed by atoms with Crippen LogP contribution in [0.3, 0.4) is 0 Å². The predicted octanol–water partition coefficient (Wildman–Crippen LogP) is 2.55. The molecule has 15 heavy (non-hydrogen) atoms. The van der Waals surface area contributed by atoms with E-state index in [1.807, 2.05) is 36.4 Å². The second-order valence-corrected chi connectivity index (χ2v) is 3.35. The van der Waals surface area contributed by atoms with E-state index in [0.29, 0.717) is 19.3 Å². The molecule has 0 aliphatic carbocycles. The van der Waals surface area contributed by atoms with Gasteiger partial charge >= 0.3 is 5.97 Å². The second-order valence-electron chi connectivity index (χ2n) is 3.35. The fraction of sp³-hybridized carbons (Fsp3) is 0.333. The monoisotopic (exact) mass is 203 g/mol. The van der Waals surface area contributed by atoms with Crippen LogP contribution in [0.4, 0.5) is 0 Å². The van der Waals surface area contributed by atoms with Crippen LogP contribution in [0.1, 0.15) is 30.7 Å². The Balaban J connectivity index is 2.67. The van der Waals surface area contributed by atoms with Gasteiger partial charge in [-0.2, -0.15) is 5.26 Å². The summed E-state index contributed by atoms with van der Waals surface area (Å²) in [6.07, 6.45) is 1.56. The van der Waals surface area contributed by atoms with Crippen molar-refractivity contribution in [2.24, 2.45) is 0 Å². The zero-order valence-electron chi connectivity index (χ0n) is 8.39. The van der Waals surface area contributed by atoms with Gasteiger partial charge in [0.15, 0.2) is 0 Å². The summed E-state index contributed by atoms with van der Waals surface area (Å²) < 4.78 is 0. The van der Waals surface area contributed by atoms with Crippen molar-refractivity contribution < 1.29 is 9.90 Å². The smallest absolute Gasteiger partial charge is 0.310 e. The number of carbonyl (C=O) groups is 1. The van der Waals surface area contributed by atoms with Gasteiger partial charge in [0.25, 0.3) is 0 Å². The Morgan fingerprint density at radius 3 is 2.60 bits per heavy atom. The topological polar surface area (TPSA) is 61.1 Å². The highest BCUT2D eigenvalue weighted by Gasteiger charge is 2.18. The highest BCUT2D eigenvalue weighted by molar-refractivity contribution is 5.75. The molecule has 1 atom stereocenters. The molecule has 0 heterocycles. The van der Waals surface area contributed by atoms with Gasteiger partial charge < -0.3 is 5.11 Å². The summed E-state index contributed by atoms with van der Waals surface area (Å²) in [5, 5.41) is 17.4. The van der Waals surface area contributed by atoms with Crippen LogP contribution in [0.2, 0.25) is 0 Å². The van der Waals surface area contributed by atoms with Crippen molar-refractivity contribution in [2.45, 2.75) is 25.2 Å². The lowest BCUT2D eigenvalue weighted by atomic mass is 9.94. The van der Waals surface area contributed by atoms with E-state index < -0.39 is 11.9 Å². The molecule has 0 bridgehead atoms. The van der Waals surface area contributed by atoms with Crippen LogP contribution < -0.4 is 0 Å². The summed E-state index contributed by atoms with van der Waals surface area (Å²) in [7, 11) is 0. The van der Waals surface area contributed by atoms with E-state index in [9.17, 15) is 4.79 Å². The third kappa shape index (κ3) is 3.43. The van der Waals surface area contributed by atoms with Gasteiger partial charge in [0.05, 0.1) is 12.0 Å². The molecule has 3 heteroatoms. The summed E-state index contributed by atoms with van der Waals surface area (Å²) >= 11 is 0. The maximum absolute atomic E-state index is 11.0. The lowest BCUT2D eigenvalue weighted by Gasteiger charge is -2.11. The largest absolute Gasteiger partial charge is 0.481 e. The van der Waals surface area contributed by atoms with Crippen molar-refractivity contribution in [1.29, 1.82) is 5.26 Å². The Bertz CT molecular complexity index is 354. The standard InChI is InChI=1S/C12H13NO2/c13-9-5-4-8-11(12(14)15)10-6-2-1-3-7-10/h1-3,6-7,11H,4-5,8H2,(H,14,15). The van der Waals surface area contributed by atoms with Gasteiger partial charge in [0.1, 0.15) is 0 Å². The highest BCUT2D eigenvalue weighted by atomic mass is 16.4. The van der Waals surface area contributed by atoms with E-state index in [1.54, 1.807) is 0 Å². The summed E-state index contributed by atoms with van der Waals surface area (Å²) in [4.78, 5) is 11.0. The minimum atomic E-state index is -0.820. The summed E-state index contributed by atoms with van der Waals surface area (Å²) in [5.41, 5.74) is 0.808. The molecule has 0 aliphatic rings. The van der Waals surface area contributed by atoms with Gasteiger partial charge in [0.2, 0.25) is 0 Å². The maximum Gasteiger partial charge on any atom is 0.310 e. The van der Waals surface area contributed by atoms with Crippen LogP contribution in [0, 0.1) is 11.3 Å². The molecule has 0 fully saturated rings. The van der Waals surface area contributed by atoms with Crippen LogP contribution in [-0.4, -0.2) is 11.1 Å². The highest BCUT2D eigenvalue weighted by Crippen LogP contribution is 2.21. The summed E-state index contributed by atoms with van der Waals surface area (Å²) in [6, 6.07) is 11.2. The van der Waals surface area contributed by atoms with Crippen LogP contribution in [0.25, 0.3) is 0 Å². The zero-order valence-corrected chi connectivity index (χ0v) is 8.39. The lowest BCUT2D eigenvalue weighted by molar-refractivity contribution is -0.139. The number of hydrogen-bond donors (Lipinski definition) is 1. The Kier molecular flexibility index (Phi) is 4.36. The molecule has 78 valence electrons. The van der Waals surface area contributed by atoms with Gasteiger partial charge in [0, 0.05) is 6.42 Å². The third-order valence-electron chi connectivity index (χ3n) is 2.28. The van der Waals surface area contributed by atoms with E-state index in [0.717, 1.165) is 5.56 Å². The molecule has 0 aliphatic heterocycles. The molecular weight excluding hydrogens is 190 g/mol. The van der Waals surface area contributed by atoms with Crippen LogP contribution in [-0.2, 0) is 4.79 Å². The molecule has 0 amide bonds. The Labute approximate surface area is 89.0 Å². The van der Waals surface area contributed by atoms with Crippen molar-refractivity contribution in [1.82, 2.24) is 0 Å². The molecule has 1 rings (SSSR count). The van der Waals surface area contributed by atoms with Crippen LogP contribution >= 0.6 is 0 Å². The molecule has 0 aromatic heterocycles. The SMILES string of the molecule is N#CCCCC(C(=O)O)c1ccccc1. The number of unbranched alkanes of at least 4 members (excludes halogenated alkanes) is 1. The van der Waals surface area contributed by atoms with Crippen molar-refractivity contribution in [2.75, 3.05) is 0 Å². The Morgan fingerprint density at radius 1 is 1.40 bits per heavy atom. The number of aliphatic carboxylic acids is 1. The summed E-state index contributed by atoms with van der Waals surface area (Å²) in [5.74, 6) is -1.31. The molecule has 0 spiro atoms. The number of nitrogens with zero attached hydrogens (tertiary/aromatic N) is 1. The molecular formula is C12H13NO2. The summed E-state index contributed by atoms with van der Waals surface area (Å²) in [6.45, 7) is 0. The first-order valence-corrected chi connectivity index (χ1v) is 4.90. The molecule has 0 saturated heterocycles. The van der Waals surface area contributed by atoms with E-state index in [1.165, 1.54) is 0 Å². The third-order valence-corrected chi connectivity index (χ3v) is 2.28. The van der Waals surface area contributed by atoms with Crippen molar-refractivity contribution in [3.8, 4) is 6.07 Å². The van der Waals surface area contributed by atoms with Crippen LogP contribution in [0.15, 0.2) is 30.3 Å². The van der Waals surface area contributed by atoms with E-state index in [4.69, 9.17) is 10.4 Å². The fourth-order valence-corrected chi connectivity index (χ4v) is 1.50. The number of carboxylic acids is 1. The quantitative estimate of drug-likeness (QED) is 0.748. The Morgan fingerprint density at radius 2 is 2.07 bits per heavy atom. The van der Waals surface area contributed by atoms with Crippen molar-refractivity contribution in [3.63, 3.8) is 0 Å². The van der Waals surface area contributed by atoms with Gasteiger partial charge in [-0.1, -0.05) is 30.3 Å². The molecule has 1 N–H and O–H groups in total. The normalized spacial score (nSPS) is 11.7. The van der Waals surface area contributed by atoms with E-state index in [2.05, 4.69) is 0 Å². The number of hydrogen-bond acceptors (Lipinski definition) is 2. The average Bonchev–Trinajstić information content (AvgIpc) is 2.25. The lowest BCUT2D eigenvalue weighted by Crippen LogP contribution is -2.11. The average molecular weight is 203 g/mol. The molecule has 1 aromatic rings.